The van der Waals surface area contributed by atoms with Gasteiger partial charge in [-0.2, -0.15) is 0 Å². The molecule has 1 heterocycles. The maximum Gasteiger partial charge on any atom is 0.334 e. The first-order valence-corrected chi connectivity index (χ1v) is 9.48. The maximum atomic E-state index is 12.5. The van der Waals surface area contributed by atoms with Gasteiger partial charge in [0.05, 0.1) is 16.1 Å². The van der Waals surface area contributed by atoms with Gasteiger partial charge in [-0.3, -0.25) is 19.3 Å². The molecule has 1 N–H and O–H groups in total. The van der Waals surface area contributed by atoms with E-state index in [1.165, 1.54) is 0 Å². The van der Waals surface area contributed by atoms with Crippen molar-refractivity contribution in [3.63, 3.8) is 0 Å². The number of halogens is 2. The molecule has 5 amide bonds. The number of rotatable bonds is 5. The molecule has 2 aliphatic rings. The van der Waals surface area contributed by atoms with Crippen molar-refractivity contribution < 1.29 is 19.2 Å². The highest BCUT2D eigenvalue weighted by atomic mass is 35.5. The van der Waals surface area contributed by atoms with Crippen LogP contribution in [-0.2, 0) is 14.4 Å². The average molecular weight is 412 g/mol. The number of carbonyl (C=O) groups excluding carboxylic acids is 4. The van der Waals surface area contributed by atoms with Gasteiger partial charge in [0, 0.05) is 6.04 Å². The summed E-state index contributed by atoms with van der Waals surface area (Å²) in [6, 6.07) is 3.59. The summed E-state index contributed by atoms with van der Waals surface area (Å²) in [6.45, 7) is 1.24. The second-order valence-corrected chi connectivity index (χ2v) is 7.56. The minimum absolute atomic E-state index is 0.253. The molecule has 1 saturated heterocycles. The Morgan fingerprint density at radius 2 is 1.81 bits per heavy atom. The molecular formula is C18H19Cl2N3O4. The summed E-state index contributed by atoms with van der Waals surface area (Å²) in [5, 5.41) is 3.45. The summed E-state index contributed by atoms with van der Waals surface area (Å²) in [6.07, 6.45) is 3.22. The number of nitrogens with one attached hydrogen (secondary N) is 1. The van der Waals surface area contributed by atoms with Gasteiger partial charge >= 0.3 is 17.8 Å². The van der Waals surface area contributed by atoms with Crippen molar-refractivity contribution in [3.05, 3.63) is 33.8 Å². The predicted molar refractivity (Wildman–Crippen MR) is 99.2 cm³/mol. The van der Waals surface area contributed by atoms with E-state index >= 15 is 0 Å². The lowest BCUT2D eigenvalue weighted by Crippen LogP contribution is -2.43. The first-order valence-electron chi connectivity index (χ1n) is 8.73. The molecule has 1 aromatic carbocycles. The fraction of sp³-hybridized carbons (Fsp3) is 0.444. The zero-order chi connectivity index (χ0) is 19.7. The van der Waals surface area contributed by atoms with Crippen LogP contribution in [0.5, 0.6) is 0 Å². The van der Waals surface area contributed by atoms with E-state index in [1.54, 1.807) is 25.1 Å². The van der Waals surface area contributed by atoms with Crippen molar-refractivity contribution in [1.29, 1.82) is 0 Å². The molecule has 1 aromatic rings. The van der Waals surface area contributed by atoms with Gasteiger partial charge in [-0.15, -0.1) is 0 Å². The summed E-state index contributed by atoms with van der Waals surface area (Å²) in [5.41, 5.74) is 0.723. The highest BCUT2D eigenvalue weighted by Gasteiger charge is 2.48. The Kier molecular flexibility index (Phi) is 5.72. The predicted octanol–water partition coefficient (Wildman–Crippen LogP) is 2.90. The van der Waals surface area contributed by atoms with Gasteiger partial charge < -0.3 is 5.32 Å². The van der Waals surface area contributed by atoms with Crippen LogP contribution in [0.1, 0.15) is 44.2 Å². The van der Waals surface area contributed by atoms with Crippen molar-refractivity contribution in [2.75, 3.05) is 6.54 Å². The normalized spacial score (nSPS) is 19.1. The summed E-state index contributed by atoms with van der Waals surface area (Å²) in [7, 11) is 0. The fourth-order valence-corrected chi connectivity index (χ4v) is 3.75. The zero-order valence-electron chi connectivity index (χ0n) is 14.7. The van der Waals surface area contributed by atoms with Crippen LogP contribution in [0.15, 0.2) is 18.2 Å². The van der Waals surface area contributed by atoms with E-state index in [9.17, 15) is 19.2 Å². The standard InChI is InChI=1S/C18H19Cl2N3O4/c1-10(11-6-7-13(19)14(20)8-11)21-15(24)9-22-16(25)17(26)23(18(22)27)12-4-2-3-5-12/h6-8,10,12H,2-5,9H2,1H3,(H,21,24)/t10-/m1/s1. The second kappa shape index (κ2) is 7.86. The number of hydrogen-bond acceptors (Lipinski definition) is 4. The molecule has 144 valence electrons. The van der Waals surface area contributed by atoms with Crippen LogP contribution in [-0.4, -0.2) is 46.1 Å². The topological polar surface area (TPSA) is 86.8 Å². The minimum atomic E-state index is -0.954. The third-order valence-electron chi connectivity index (χ3n) is 4.90. The zero-order valence-corrected chi connectivity index (χ0v) is 16.2. The molecule has 3 rings (SSSR count). The molecular weight excluding hydrogens is 393 g/mol. The molecule has 7 nitrogen and oxygen atoms in total. The van der Waals surface area contributed by atoms with Gasteiger partial charge in [-0.25, -0.2) is 9.69 Å². The SMILES string of the molecule is C[C@@H](NC(=O)CN1C(=O)C(=O)N(C2CCCC2)C1=O)c1ccc(Cl)c(Cl)c1. The number of urea groups is 1. The van der Waals surface area contributed by atoms with Gasteiger partial charge in [0.15, 0.2) is 0 Å². The molecule has 27 heavy (non-hydrogen) atoms. The Hall–Kier alpha value is -2.12. The Labute approximate surface area is 166 Å². The second-order valence-electron chi connectivity index (χ2n) is 6.75. The monoisotopic (exact) mass is 411 g/mol. The van der Waals surface area contributed by atoms with Crippen molar-refractivity contribution in [3.8, 4) is 0 Å². The molecule has 1 aliphatic carbocycles. The quantitative estimate of drug-likeness (QED) is 0.595. The van der Waals surface area contributed by atoms with Crippen molar-refractivity contribution in [2.45, 2.75) is 44.7 Å². The van der Waals surface area contributed by atoms with Gasteiger partial charge in [-0.1, -0.05) is 42.1 Å². The Morgan fingerprint density at radius 1 is 1.15 bits per heavy atom. The van der Waals surface area contributed by atoms with Crippen molar-refractivity contribution in [1.82, 2.24) is 15.1 Å². The average Bonchev–Trinajstić information content (AvgIpc) is 3.21. The number of benzene rings is 1. The Bertz CT molecular complexity index is 808. The van der Waals surface area contributed by atoms with Crippen LogP contribution in [0.4, 0.5) is 4.79 Å². The number of imide groups is 2. The van der Waals surface area contributed by atoms with E-state index < -0.39 is 36.3 Å². The lowest BCUT2D eigenvalue weighted by molar-refractivity contribution is -0.144. The summed E-state index contributed by atoms with van der Waals surface area (Å²) in [4.78, 5) is 50.8. The van der Waals surface area contributed by atoms with E-state index in [0.29, 0.717) is 27.8 Å². The smallest absolute Gasteiger partial charge is 0.334 e. The largest absolute Gasteiger partial charge is 0.348 e. The molecule has 0 bridgehead atoms. The van der Waals surface area contributed by atoms with Gasteiger partial charge in [0.25, 0.3) is 0 Å². The minimum Gasteiger partial charge on any atom is -0.348 e. The number of amides is 5. The van der Waals surface area contributed by atoms with Gasteiger partial charge in [-0.05, 0) is 37.5 Å². The highest BCUT2D eigenvalue weighted by Crippen LogP contribution is 2.28. The summed E-state index contributed by atoms with van der Waals surface area (Å²) < 4.78 is 0. The van der Waals surface area contributed by atoms with E-state index in [4.69, 9.17) is 23.2 Å². The fourth-order valence-electron chi connectivity index (χ4n) is 3.44. The molecule has 2 fully saturated rings. The number of nitrogens with zero attached hydrogens (tertiary/aromatic N) is 2. The molecule has 1 aliphatic heterocycles. The van der Waals surface area contributed by atoms with Crippen molar-refractivity contribution >= 4 is 47.0 Å². The molecule has 0 spiro atoms. The third kappa shape index (κ3) is 3.94. The van der Waals surface area contributed by atoms with Crippen LogP contribution in [0.25, 0.3) is 0 Å². The van der Waals surface area contributed by atoms with Crippen molar-refractivity contribution in [2.24, 2.45) is 0 Å². The Morgan fingerprint density at radius 3 is 2.44 bits per heavy atom. The summed E-state index contributed by atoms with van der Waals surface area (Å²) >= 11 is 11.9. The first kappa shape index (κ1) is 19.6. The lowest BCUT2D eigenvalue weighted by Gasteiger charge is -2.21. The third-order valence-corrected chi connectivity index (χ3v) is 5.64. The van der Waals surface area contributed by atoms with Crippen LogP contribution >= 0.6 is 23.2 Å². The van der Waals surface area contributed by atoms with Crippen LogP contribution < -0.4 is 5.32 Å². The number of carbonyl (C=O) groups is 4. The molecule has 0 radical (unpaired) electrons. The molecule has 1 saturated carbocycles. The molecule has 1 atom stereocenters. The molecule has 0 aromatic heterocycles. The van der Waals surface area contributed by atoms with E-state index in [1.807, 2.05) is 0 Å². The first-order chi connectivity index (χ1) is 12.8. The summed E-state index contributed by atoms with van der Waals surface area (Å²) in [5.74, 6) is -2.35. The maximum absolute atomic E-state index is 12.5. The van der Waals surface area contributed by atoms with Gasteiger partial charge in [0.2, 0.25) is 5.91 Å². The molecule has 9 heteroatoms. The van der Waals surface area contributed by atoms with Gasteiger partial charge in [0.1, 0.15) is 6.54 Å². The Balaban J connectivity index is 1.64. The molecule has 0 unspecified atom stereocenters. The number of hydrogen-bond donors (Lipinski definition) is 1. The van der Waals surface area contributed by atoms with E-state index in [2.05, 4.69) is 5.32 Å². The lowest BCUT2D eigenvalue weighted by atomic mass is 10.1. The van der Waals surface area contributed by atoms with E-state index in [0.717, 1.165) is 23.3 Å². The van der Waals surface area contributed by atoms with Crippen LogP contribution in [0, 0.1) is 0 Å². The van der Waals surface area contributed by atoms with E-state index in [-0.39, 0.29) is 6.04 Å². The highest BCUT2D eigenvalue weighted by molar-refractivity contribution is 6.45. The van der Waals surface area contributed by atoms with Crippen LogP contribution in [0.3, 0.4) is 0 Å². The van der Waals surface area contributed by atoms with Crippen LogP contribution in [0.2, 0.25) is 10.0 Å².